The fraction of sp³-hybridized carbons (Fsp3) is 0.422. The van der Waals surface area contributed by atoms with Crippen LogP contribution >= 0.6 is 69.6 Å². The molecule has 3 aliphatic heterocycles. The zero-order valence-electron chi connectivity index (χ0n) is 70.9. The van der Waals surface area contributed by atoms with Gasteiger partial charge in [-0.1, -0.05) is 118 Å². The monoisotopic (exact) mass is 1930 g/mol. The number of hydrogen-bond donors (Lipinski definition) is 6. The number of ether oxygens (including phenoxy) is 9. The summed E-state index contributed by atoms with van der Waals surface area (Å²) in [5, 5.41) is 23.4. The second kappa shape index (κ2) is 52.8. The van der Waals surface area contributed by atoms with E-state index >= 15 is 0 Å². The maximum absolute atomic E-state index is 13.1. The van der Waals surface area contributed by atoms with E-state index in [1.165, 1.54) is 24.3 Å². The van der Waals surface area contributed by atoms with Crippen molar-refractivity contribution in [2.75, 3.05) is 192 Å². The van der Waals surface area contributed by atoms with Crippen LogP contribution in [0.4, 0.5) is 0 Å². The molecular formula is C90H109Cl6N7O21S3. The number of nitrogens with one attached hydrogen (secondary N) is 3. The maximum Gasteiger partial charge on any atom is 0.335 e. The predicted octanol–water partition coefficient (Wildman–Crippen LogP) is 13.0. The van der Waals surface area contributed by atoms with Crippen molar-refractivity contribution in [3.05, 3.63) is 260 Å². The molecule has 8 aromatic rings. The van der Waals surface area contributed by atoms with Gasteiger partial charge >= 0.3 is 11.9 Å². The summed E-state index contributed by atoms with van der Waals surface area (Å²) in [7, 11) is -4.78. The van der Waals surface area contributed by atoms with Gasteiger partial charge in [0.1, 0.15) is 0 Å². The van der Waals surface area contributed by atoms with E-state index < -0.39 is 41.8 Å². The molecule has 3 aliphatic rings. The zero-order chi connectivity index (χ0) is 91.5. The summed E-state index contributed by atoms with van der Waals surface area (Å²) in [5.41, 5.74) is 15.7. The normalized spacial score (nSPS) is 15.4. The lowest BCUT2D eigenvalue weighted by Gasteiger charge is -2.33. The molecule has 1 amide bonds. The largest absolute Gasteiger partial charge is 0.478 e. The van der Waals surface area contributed by atoms with Crippen molar-refractivity contribution in [2.45, 2.75) is 71.3 Å². The van der Waals surface area contributed by atoms with Crippen molar-refractivity contribution in [3.8, 4) is 0 Å². The molecule has 3 atom stereocenters. The standard InChI is InChI=1S/C58H70Cl4N4O12S2.C24H33Cl2N3O5S.C8H6O4/c1-65-37-51(49-33-45(59)35-55(61)53(49)39-65)41-10-14-47(15-11-41)79(69,70)32-4-21-74-25-29-77-28-24-73-20-3-5-57(67)43-6-8-44(9-7-43)58(68)63-18-22-75-26-30-78-31-27-76-23-19-64-80(71,72)48-16-12-42(13-17-48)52-38-66(2)40-54-50(52)34-46(60)36-56(54)62;1-29-16-22(21-14-19(25)15-24(26)23(21)17-29)18-2-4-20(5-3-18)35(30,31)28-7-9-33-11-13-34-12-10-32-8-6-27;9-7(10)5-1-2-6(4-3-5)8(11)12/h6-17,33-36,51-52,64H,3-5,18-32,37-40H2,1-2H3,(H,63,68);2-5,14-15,22,28H,6-13,16-17,27H2,1H3;1-4H,(H,9,10)(H,11,12). The first-order chi connectivity index (χ1) is 60.9. The SMILES string of the molecule is CN1Cc2c(Cl)cc(Cl)cc2C(c2ccc(S(=O)(=O)CCCOCCOCCOCCCC(=O)c3ccc(C(=O)NCCOCCOCCOCCNS(=O)(=O)c4ccc(C5CN(C)Cc6c(Cl)cc(Cl)cc65)cc4)cc3)cc2)C1.CN1Cc2c(Cl)cc(Cl)cc2C(c2ccc(S(=O)(=O)NCCOCCOCCOCCN)cc2)C1.O=C(O)c1ccc(C(=O)O)cc1. The first kappa shape index (κ1) is 104. The minimum absolute atomic E-state index is 0.00223. The van der Waals surface area contributed by atoms with Crippen LogP contribution in [0.1, 0.15) is 129 Å². The Morgan fingerprint density at radius 2 is 0.677 bits per heavy atom. The third-order valence-corrected chi connectivity index (χ3v) is 27.1. The number of ketones is 1. The van der Waals surface area contributed by atoms with Crippen molar-refractivity contribution in [1.82, 2.24) is 29.5 Å². The number of benzene rings is 8. The molecule has 0 radical (unpaired) electrons. The fourth-order valence-electron chi connectivity index (χ4n) is 14.3. The maximum atomic E-state index is 13.1. The Morgan fingerprint density at radius 3 is 1.02 bits per heavy atom. The summed E-state index contributed by atoms with van der Waals surface area (Å²) in [6.07, 6.45) is 1.17. The summed E-state index contributed by atoms with van der Waals surface area (Å²) in [5.74, 6) is -2.42. The number of sulfone groups is 1. The number of hydrogen-bond acceptors (Lipinski definition) is 23. The number of carbonyl (C=O) groups is 4. The smallest absolute Gasteiger partial charge is 0.335 e. The molecule has 28 nitrogen and oxygen atoms in total. The summed E-state index contributed by atoms with van der Waals surface area (Å²) in [6.45, 7) is 11.7. The molecule has 0 spiro atoms. The van der Waals surface area contributed by atoms with Gasteiger partial charge in [-0.05, 0) is 193 Å². The van der Waals surface area contributed by atoms with E-state index in [2.05, 4.69) is 29.5 Å². The van der Waals surface area contributed by atoms with E-state index in [4.69, 9.17) is 128 Å². The summed E-state index contributed by atoms with van der Waals surface area (Å²) >= 11 is 38.4. The van der Waals surface area contributed by atoms with E-state index in [0.717, 1.165) is 82.8 Å². The van der Waals surface area contributed by atoms with Crippen LogP contribution in [0, 0.1) is 0 Å². The van der Waals surface area contributed by atoms with Gasteiger partial charge in [-0.15, -0.1) is 0 Å². The number of nitrogens with zero attached hydrogens (tertiary/aromatic N) is 3. The average Bonchev–Trinajstić information content (AvgIpc) is 0.782. The third kappa shape index (κ3) is 33.3. The number of aromatic carboxylic acids is 2. The highest BCUT2D eigenvalue weighted by Crippen LogP contribution is 2.42. The van der Waals surface area contributed by atoms with E-state index in [-0.39, 0.29) is 114 Å². The summed E-state index contributed by atoms with van der Waals surface area (Å²) in [4.78, 5) is 53.2. The number of amides is 1. The third-order valence-electron chi connectivity index (χ3n) is 20.6. The molecule has 0 aromatic heterocycles. The van der Waals surface area contributed by atoms with Gasteiger partial charge in [0.15, 0.2) is 15.6 Å². The Kier molecular flexibility index (Phi) is 43.0. The Bertz CT molecular complexity index is 5000. The van der Waals surface area contributed by atoms with Crippen LogP contribution in [0.5, 0.6) is 0 Å². The van der Waals surface area contributed by atoms with E-state index in [9.17, 15) is 44.4 Å². The number of halogens is 6. The van der Waals surface area contributed by atoms with Gasteiger partial charge in [0.05, 0.1) is 137 Å². The minimum atomic E-state index is -3.74. The summed E-state index contributed by atoms with van der Waals surface area (Å²) in [6, 6.07) is 43.5. The van der Waals surface area contributed by atoms with Crippen molar-refractivity contribution in [3.63, 3.8) is 0 Å². The number of sulfonamides is 2. The highest BCUT2D eigenvalue weighted by molar-refractivity contribution is 7.91. The number of rotatable bonds is 49. The van der Waals surface area contributed by atoms with Gasteiger partial charge in [0, 0.05) is 144 Å². The molecule has 690 valence electrons. The molecule has 8 aromatic carbocycles. The first-order valence-electron chi connectivity index (χ1n) is 41.3. The lowest BCUT2D eigenvalue weighted by molar-refractivity contribution is 0.0142. The highest BCUT2D eigenvalue weighted by Gasteiger charge is 2.32. The Labute approximate surface area is 773 Å². The number of carboxylic acids is 2. The second-order valence-corrected chi connectivity index (χ2v) is 38.3. The Balaban J connectivity index is 0.000000315. The molecule has 0 aliphatic carbocycles. The number of fused-ring (bicyclic) bond motifs is 3. The number of carbonyl (C=O) groups excluding carboxylic acids is 2. The van der Waals surface area contributed by atoms with Gasteiger partial charge in [0.25, 0.3) is 5.91 Å². The van der Waals surface area contributed by atoms with Crippen LogP contribution in [0.3, 0.4) is 0 Å². The molecule has 0 bridgehead atoms. The van der Waals surface area contributed by atoms with Crippen molar-refractivity contribution in [2.24, 2.45) is 5.73 Å². The molecule has 0 fully saturated rings. The molecule has 3 heterocycles. The number of carboxylic acid groups (broad SMARTS) is 2. The molecular weight excluding hydrogens is 1820 g/mol. The van der Waals surface area contributed by atoms with Crippen molar-refractivity contribution >= 4 is 123 Å². The topological polar surface area (TPSA) is 366 Å². The second-order valence-electron chi connectivity index (χ2n) is 30.1. The molecule has 37 heteroatoms. The van der Waals surface area contributed by atoms with E-state index in [1.807, 2.05) is 75.7 Å². The van der Waals surface area contributed by atoms with E-state index in [1.54, 1.807) is 78.9 Å². The van der Waals surface area contributed by atoms with E-state index in [0.29, 0.717) is 160 Å². The van der Waals surface area contributed by atoms with Crippen LogP contribution in [0.15, 0.2) is 172 Å². The number of likely N-dealkylation sites (N-methyl/N-ethyl adjacent to an activating group) is 3. The lowest BCUT2D eigenvalue weighted by Crippen LogP contribution is -2.31. The van der Waals surface area contributed by atoms with Gasteiger partial charge in [0.2, 0.25) is 20.0 Å². The number of Topliss-reactive ketones (excluding diaryl/α,β-unsaturated/α-hetero) is 1. The fourth-order valence-corrected chi connectivity index (χ4v) is 19.3. The molecule has 0 saturated carbocycles. The van der Waals surface area contributed by atoms with Gasteiger partial charge < -0.3 is 78.6 Å². The molecule has 3 unspecified atom stereocenters. The summed E-state index contributed by atoms with van der Waals surface area (Å²) < 4.78 is 132. The Hall–Kier alpha value is -7.17. The van der Waals surface area contributed by atoms with Crippen LogP contribution in [-0.4, -0.2) is 265 Å². The first-order valence-corrected chi connectivity index (χ1v) is 48.2. The van der Waals surface area contributed by atoms with Crippen molar-refractivity contribution < 1.29 is 97.3 Å². The zero-order valence-corrected chi connectivity index (χ0v) is 77.9. The van der Waals surface area contributed by atoms with Gasteiger partial charge in [-0.25, -0.2) is 44.3 Å². The lowest BCUT2D eigenvalue weighted by atomic mass is 9.85. The van der Waals surface area contributed by atoms with Gasteiger partial charge in [-0.2, -0.15) is 0 Å². The van der Waals surface area contributed by atoms with Gasteiger partial charge in [-0.3, -0.25) is 9.59 Å². The molecule has 7 N–H and O–H groups in total. The minimum Gasteiger partial charge on any atom is -0.478 e. The van der Waals surface area contributed by atoms with Crippen LogP contribution in [0.2, 0.25) is 30.1 Å². The van der Waals surface area contributed by atoms with Crippen LogP contribution in [-0.2, 0) is 92.1 Å². The number of nitrogens with two attached hydrogens (primary N) is 1. The predicted molar refractivity (Wildman–Crippen MR) is 489 cm³/mol. The quantitative estimate of drug-likeness (QED) is 0.0152. The van der Waals surface area contributed by atoms with Crippen LogP contribution in [0.25, 0.3) is 0 Å². The van der Waals surface area contributed by atoms with Crippen molar-refractivity contribution in [1.29, 1.82) is 0 Å². The Morgan fingerprint density at radius 1 is 0.378 bits per heavy atom. The molecule has 11 rings (SSSR count). The molecule has 0 saturated heterocycles. The average molecular weight is 1930 g/mol. The highest BCUT2D eigenvalue weighted by atomic mass is 35.5. The van der Waals surface area contributed by atoms with Crippen LogP contribution < -0.4 is 20.5 Å². The molecule has 127 heavy (non-hydrogen) atoms.